The molecule has 37 nitrogen and oxygen atoms in total. The lowest BCUT2D eigenvalue weighted by atomic mass is 10.1. The SMILES string of the molecule is COC1C(COP(=O)([O-])OP([O-])(=S)OP(=O)([O-])OCC2OC(n3cnc4cncnc43)C(OC)C2OP(=O)([O-])OCC2OC(n3cnc4c(=O)[nH]c(N)nc43)C(O)C2O)OC([n+]2cn(C)c3c(=O)[nH]c(N)nc32)C1O. The highest BCUT2D eigenvalue weighted by Gasteiger charge is 2.51. The number of H-pyrrole nitrogens is 2. The Labute approximate surface area is 421 Å². The van der Waals surface area contributed by atoms with E-state index >= 15 is 0 Å². The fraction of sp³-hybridized carbons (Fsp3) is 0.545. The van der Waals surface area contributed by atoms with Crippen molar-refractivity contribution in [3.05, 3.63) is 52.2 Å². The fourth-order valence-corrected chi connectivity index (χ4v) is 14.2. The molecule has 6 aromatic heterocycles. The molecule has 0 bridgehead atoms. The van der Waals surface area contributed by atoms with Gasteiger partial charge in [-0.1, -0.05) is 16.8 Å². The van der Waals surface area contributed by atoms with Crippen molar-refractivity contribution >= 4 is 87.4 Å². The maximum atomic E-state index is 13.6. The zero-order chi connectivity index (χ0) is 54.1. The molecule has 9 N–H and O–H groups in total. The van der Waals surface area contributed by atoms with Crippen LogP contribution < -0.4 is 46.7 Å². The van der Waals surface area contributed by atoms with E-state index in [0.717, 1.165) is 31.4 Å². The van der Waals surface area contributed by atoms with Gasteiger partial charge in [0, 0.05) is 14.2 Å². The van der Waals surface area contributed by atoms with Gasteiger partial charge in [0.25, 0.3) is 40.5 Å². The molecule has 0 radical (unpaired) electrons. The van der Waals surface area contributed by atoms with Gasteiger partial charge < -0.3 is 88.1 Å². The van der Waals surface area contributed by atoms with E-state index in [1.807, 2.05) is 0 Å². The first-order valence-electron chi connectivity index (χ1n) is 21.3. The maximum Gasteiger partial charge on any atom is 0.313 e. The second-order valence-corrected chi connectivity index (χ2v) is 23.6. The van der Waals surface area contributed by atoms with Crippen molar-refractivity contribution in [2.24, 2.45) is 7.05 Å². The average molecular weight is 1160 g/mol. The number of nitrogens with zero attached hydrogens (tertiary/aromatic N) is 10. The molecule has 0 spiro atoms. The summed E-state index contributed by atoms with van der Waals surface area (Å²) >= 11 is 4.55. The van der Waals surface area contributed by atoms with E-state index in [0.29, 0.717) is 0 Å². The Balaban J connectivity index is 0.858. The minimum atomic E-state index is -6.07. The number of nitrogens with one attached hydrogen (secondary N) is 2. The summed E-state index contributed by atoms with van der Waals surface area (Å²) in [6.45, 7) is -9.03. The minimum absolute atomic E-state index is 0.0240. The molecule has 6 aromatic rings. The van der Waals surface area contributed by atoms with Crippen LogP contribution in [0.2, 0.25) is 0 Å². The number of anilines is 2. The second-order valence-electron chi connectivity index (χ2n) is 16.4. The number of fused-ring (bicyclic) bond motifs is 3. The minimum Gasteiger partial charge on any atom is -0.779 e. The Morgan fingerprint density at radius 2 is 1.33 bits per heavy atom. The number of nitrogens with two attached hydrogens (primary N) is 2. The molecule has 0 aliphatic carbocycles. The Morgan fingerprint density at radius 1 is 0.747 bits per heavy atom. The van der Waals surface area contributed by atoms with E-state index in [9.17, 15) is 58.2 Å². The number of methoxy groups -OCH3 is 2. The molecule has 0 aromatic carbocycles. The largest absolute Gasteiger partial charge is 0.779 e. The molecule has 0 amide bonds. The van der Waals surface area contributed by atoms with Crippen molar-refractivity contribution in [2.75, 3.05) is 45.5 Å². The normalized spacial score (nSPS) is 30.5. The van der Waals surface area contributed by atoms with Gasteiger partial charge >= 0.3 is 5.65 Å². The lowest BCUT2D eigenvalue weighted by molar-refractivity contribution is -0.745. The second kappa shape index (κ2) is 21.0. The van der Waals surface area contributed by atoms with Gasteiger partial charge in [-0.05, 0) is 0 Å². The van der Waals surface area contributed by atoms with Crippen LogP contribution in [0.4, 0.5) is 11.9 Å². The summed E-state index contributed by atoms with van der Waals surface area (Å²) in [7, 11) is -13.9. The number of hydrogen-bond donors (Lipinski definition) is 7. The third-order valence-electron chi connectivity index (χ3n) is 11.6. The Hall–Kier alpha value is -4.53. The van der Waals surface area contributed by atoms with Crippen molar-refractivity contribution in [1.82, 2.24) is 53.6 Å². The average Bonchev–Trinajstić information content (AvgIpc) is 4.18. The summed E-state index contributed by atoms with van der Waals surface area (Å²) < 4.78 is 102. The van der Waals surface area contributed by atoms with Gasteiger partial charge in [-0.2, -0.15) is 4.98 Å². The molecule has 42 heteroatoms. The number of hydrogen-bond acceptors (Lipinski definition) is 32. The van der Waals surface area contributed by atoms with Gasteiger partial charge in [-0.15, -0.1) is 0 Å². The van der Waals surface area contributed by atoms with Gasteiger partial charge in [-0.25, -0.2) is 24.5 Å². The first-order valence-corrected chi connectivity index (χ1v) is 28.2. The molecule has 3 aliphatic heterocycles. The highest BCUT2D eigenvalue weighted by Crippen LogP contribution is 2.63. The van der Waals surface area contributed by atoms with E-state index in [1.54, 1.807) is 0 Å². The lowest BCUT2D eigenvalue weighted by Crippen LogP contribution is -2.46. The summed E-state index contributed by atoms with van der Waals surface area (Å²) in [5, 5.41) is 32.8. The van der Waals surface area contributed by atoms with Crippen LogP contribution in [0.5, 0.6) is 0 Å². The molecule has 75 heavy (non-hydrogen) atoms. The number of imidazole rings is 3. The molecular weight excluding hydrogens is 1120 g/mol. The highest BCUT2D eigenvalue weighted by molar-refractivity contribution is 8.09. The lowest BCUT2D eigenvalue weighted by Gasteiger charge is -2.38. The molecule has 16 unspecified atom stereocenters. The van der Waals surface area contributed by atoms with E-state index in [1.165, 1.54) is 39.6 Å². The number of aromatic amines is 2. The van der Waals surface area contributed by atoms with Crippen LogP contribution in [-0.4, -0.2) is 158 Å². The number of nitrogen functional groups attached to an aromatic ring is 2. The van der Waals surface area contributed by atoms with E-state index in [2.05, 4.69) is 60.3 Å². The van der Waals surface area contributed by atoms with E-state index in [-0.39, 0.29) is 45.4 Å². The standard InChI is InChI=1S/C33H44N14O23P4S/c1-44-11-47(26-17(44)28(52)43-33(35)41-26)30-20(50)21(60-2)14(66-30)6-63-72(55,56)69-74(59,75)70-73(57,58)64-7-15-22(23(61-3)31(67-15)45-9-38-12-4-36-8-37-24(12)45)68-71(53,54)62-5-13-18(48)19(49)29(65-13)46-10-39-16-25(46)40-32(34)42-27(16)51/h4,8-11,13-15,18-23,29-31,48-50H,5-7H2,1-3H3,(H9-,34,35,40,41,42,43,51,52,53,54,55,56,57,58,59,75)/p-3. The topological polar surface area (TPSA) is 519 Å². The molecule has 9 rings (SSSR count). The van der Waals surface area contributed by atoms with E-state index < -0.39 is 135 Å². The van der Waals surface area contributed by atoms with Crippen molar-refractivity contribution in [3.8, 4) is 0 Å². The predicted octanol–water partition coefficient (Wildman–Crippen LogP) is -6.05. The van der Waals surface area contributed by atoms with Crippen LogP contribution >= 0.6 is 30.2 Å². The van der Waals surface area contributed by atoms with Gasteiger partial charge in [0.2, 0.25) is 17.7 Å². The molecule has 16 atom stereocenters. The van der Waals surface area contributed by atoms with Gasteiger partial charge in [0.15, 0.2) is 35.6 Å². The number of ether oxygens (including phenoxy) is 5. The smallest absolute Gasteiger partial charge is 0.313 e. The summed E-state index contributed by atoms with van der Waals surface area (Å²) in [5.41, 5.74) is 9.95. The number of phosphoric acid groups is 3. The van der Waals surface area contributed by atoms with Crippen LogP contribution in [0.15, 0.2) is 41.1 Å². The number of aromatic nitrogens is 12. The number of aliphatic hydroxyl groups is 3. The third kappa shape index (κ3) is 11.3. The van der Waals surface area contributed by atoms with Crippen molar-refractivity contribution in [3.63, 3.8) is 0 Å². The van der Waals surface area contributed by atoms with Crippen LogP contribution in [0.25, 0.3) is 33.5 Å². The number of aryl methyl sites for hydroxylation is 1. The zero-order valence-corrected chi connectivity index (χ0v) is 42.7. The van der Waals surface area contributed by atoms with Crippen LogP contribution in [0, 0.1) is 0 Å². The number of rotatable bonds is 20. The van der Waals surface area contributed by atoms with Crippen molar-refractivity contribution < 1.29 is 104 Å². The third-order valence-corrected chi connectivity index (χ3v) is 17.9. The Kier molecular flexibility index (Phi) is 15.5. The first-order chi connectivity index (χ1) is 35.3. The summed E-state index contributed by atoms with van der Waals surface area (Å²) in [4.78, 5) is 106. The van der Waals surface area contributed by atoms with Gasteiger partial charge in [-0.3, -0.25) is 55.6 Å². The molecule has 0 saturated carbocycles. The van der Waals surface area contributed by atoms with Crippen LogP contribution in [0.3, 0.4) is 0 Å². The summed E-state index contributed by atoms with van der Waals surface area (Å²) in [6, 6.07) is 0. The van der Waals surface area contributed by atoms with E-state index in [4.69, 9.17) is 53.2 Å². The van der Waals surface area contributed by atoms with Crippen LogP contribution in [0.1, 0.15) is 18.7 Å². The molecule has 410 valence electrons. The molecule has 3 fully saturated rings. The number of aliphatic hydroxyl groups excluding tert-OH is 3. The van der Waals surface area contributed by atoms with Crippen molar-refractivity contribution in [1.29, 1.82) is 0 Å². The quantitative estimate of drug-likeness (QED) is 0.0276. The van der Waals surface area contributed by atoms with Crippen molar-refractivity contribution in [2.45, 2.75) is 73.6 Å². The monoisotopic (exact) mass is 1160 g/mol. The van der Waals surface area contributed by atoms with Crippen LogP contribution in [-0.2, 0) is 83.0 Å². The molecule has 3 aliphatic rings. The highest BCUT2D eigenvalue weighted by atomic mass is 32.5. The molecule has 3 saturated heterocycles. The zero-order valence-electron chi connectivity index (χ0n) is 38.3. The first kappa shape index (κ1) is 55.2. The Morgan fingerprint density at radius 3 is 2.01 bits per heavy atom. The number of phosphoric ester groups is 3. The predicted molar refractivity (Wildman–Crippen MR) is 237 cm³/mol. The fourth-order valence-electron chi connectivity index (χ4n) is 8.45. The van der Waals surface area contributed by atoms with Gasteiger partial charge in [0.1, 0.15) is 73.5 Å². The molecule has 9 heterocycles. The Bertz CT molecular complexity index is 3440. The summed E-state index contributed by atoms with van der Waals surface area (Å²) in [6.07, 6.45) is -13.1. The maximum absolute atomic E-state index is 13.6. The van der Waals surface area contributed by atoms with Gasteiger partial charge in [0.05, 0.1) is 45.7 Å². The summed E-state index contributed by atoms with van der Waals surface area (Å²) in [5.74, 6) is -0.589. The molecular formula is C33H41N14O23P4S-3.